The van der Waals surface area contributed by atoms with E-state index in [1.54, 1.807) is 55.5 Å². The molecule has 4 aromatic carbocycles. The SMILES string of the molecule is Cc1ccc(F)c(NC(=O)Nc2ccc(-c3ccc(OCCNS(=O)(=O)c4ccccc4)c4[nH]nc(N)c34)cc2)c1. The van der Waals surface area contributed by atoms with Gasteiger partial charge in [0.2, 0.25) is 10.0 Å². The van der Waals surface area contributed by atoms with Gasteiger partial charge in [-0.2, -0.15) is 5.10 Å². The molecule has 210 valence electrons. The maximum Gasteiger partial charge on any atom is 0.323 e. The first-order valence-corrected chi connectivity index (χ1v) is 14.1. The highest BCUT2D eigenvalue weighted by atomic mass is 32.2. The Labute approximate surface area is 235 Å². The van der Waals surface area contributed by atoms with Crippen molar-refractivity contribution in [1.29, 1.82) is 0 Å². The molecule has 6 N–H and O–H groups in total. The van der Waals surface area contributed by atoms with Crippen molar-refractivity contribution >= 4 is 44.1 Å². The maximum absolute atomic E-state index is 14.0. The summed E-state index contributed by atoms with van der Waals surface area (Å²) in [6.45, 7) is 1.94. The monoisotopic (exact) mass is 574 g/mol. The van der Waals surface area contributed by atoms with Crippen molar-refractivity contribution in [3.63, 3.8) is 0 Å². The third-order valence-electron chi connectivity index (χ3n) is 6.24. The number of carbonyl (C=O) groups excluding carboxylic acids is 1. The van der Waals surface area contributed by atoms with Gasteiger partial charge in [0, 0.05) is 12.2 Å². The van der Waals surface area contributed by atoms with Gasteiger partial charge in [0.25, 0.3) is 0 Å². The fourth-order valence-corrected chi connectivity index (χ4v) is 5.30. The standard InChI is InChI=1S/C29H27FN6O4S/c1-18-7-13-23(30)24(17-18)34-29(37)33-20-10-8-19(9-11-20)22-12-14-25(27-26(22)28(31)36-35-27)40-16-15-32-41(38,39)21-5-3-2-4-6-21/h2-14,17,32H,15-16H2,1H3,(H3,31,35,36)(H2,33,34,37). The van der Waals surface area contributed by atoms with E-state index in [1.807, 2.05) is 18.2 Å². The van der Waals surface area contributed by atoms with Gasteiger partial charge in [-0.05, 0) is 72.1 Å². The van der Waals surface area contributed by atoms with Crippen LogP contribution in [-0.4, -0.2) is 37.8 Å². The summed E-state index contributed by atoms with van der Waals surface area (Å²) in [6, 6.07) is 22.6. The summed E-state index contributed by atoms with van der Waals surface area (Å²) in [5.74, 6) is 0.209. The lowest BCUT2D eigenvalue weighted by molar-refractivity contribution is 0.262. The zero-order valence-electron chi connectivity index (χ0n) is 21.9. The van der Waals surface area contributed by atoms with Crippen LogP contribution in [0.3, 0.4) is 0 Å². The van der Waals surface area contributed by atoms with Gasteiger partial charge in [-0.3, -0.25) is 5.10 Å². The molecule has 1 aromatic heterocycles. The smallest absolute Gasteiger partial charge is 0.323 e. The number of benzene rings is 4. The number of rotatable bonds is 9. The number of carbonyl (C=O) groups is 1. The molecule has 0 unspecified atom stereocenters. The van der Waals surface area contributed by atoms with Crippen LogP contribution in [0, 0.1) is 12.7 Å². The molecule has 0 aliphatic heterocycles. The number of amides is 2. The summed E-state index contributed by atoms with van der Waals surface area (Å²) in [4.78, 5) is 12.6. The summed E-state index contributed by atoms with van der Waals surface area (Å²) < 4.78 is 47.2. The Kier molecular flexibility index (Phi) is 7.86. The maximum atomic E-state index is 14.0. The summed E-state index contributed by atoms with van der Waals surface area (Å²) in [5, 5.41) is 12.9. The number of nitrogens with zero attached hydrogens (tertiary/aromatic N) is 1. The van der Waals surface area contributed by atoms with E-state index in [2.05, 4.69) is 25.6 Å². The van der Waals surface area contributed by atoms with E-state index in [9.17, 15) is 17.6 Å². The zero-order chi connectivity index (χ0) is 29.0. The predicted octanol–water partition coefficient (Wildman–Crippen LogP) is 5.26. The van der Waals surface area contributed by atoms with E-state index in [0.717, 1.165) is 16.7 Å². The van der Waals surface area contributed by atoms with Crippen LogP contribution < -0.4 is 25.8 Å². The summed E-state index contributed by atoms with van der Waals surface area (Å²) in [6.07, 6.45) is 0. The molecule has 0 radical (unpaired) electrons. The minimum absolute atomic E-state index is 0.0582. The van der Waals surface area contributed by atoms with Gasteiger partial charge in [0.15, 0.2) is 5.82 Å². The first-order chi connectivity index (χ1) is 19.7. The number of halogens is 1. The molecule has 0 spiro atoms. The number of anilines is 3. The van der Waals surface area contributed by atoms with Crippen LogP contribution in [-0.2, 0) is 10.0 Å². The second-order valence-corrected chi connectivity index (χ2v) is 10.9. The number of nitrogens with one attached hydrogen (secondary N) is 4. The number of urea groups is 1. The van der Waals surface area contributed by atoms with Crippen LogP contribution in [0.1, 0.15) is 5.56 Å². The fourth-order valence-electron chi connectivity index (χ4n) is 4.27. The van der Waals surface area contributed by atoms with Crippen LogP contribution in [0.2, 0.25) is 0 Å². The van der Waals surface area contributed by atoms with Crippen LogP contribution in [0.15, 0.2) is 89.8 Å². The zero-order valence-corrected chi connectivity index (χ0v) is 22.8. The normalized spacial score (nSPS) is 11.4. The lowest BCUT2D eigenvalue weighted by Crippen LogP contribution is -2.28. The van der Waals surface area contributed by atoms with E-state index in [-0.39, 0.29) is 29.6 Å². The quantitative estimate of drug-likeness (QED) is 0.152. The molecule has 2 amide bonds. The molecule has 41 heavy (non-hydrogen) atoms. The summed E-state index contributed by atoms with van der Waals surface area (Å²) in [7, 11) is -3.64. The Balaban J connectivity index is 1.26. The van der Waals surface area contributed by atoms with Gasteiger partial charge >= 0.3 is 6.03 Å². The molecule has 12 heteroatoms. The number of nitrogen functional groups attached to an aromatic ring is 1. The number of H-pyrrole nitrogens is 1. The molecule has 10 nitrogen and oxygen atoms in total. The van der Waals surface area contributed by atoms with Gasteiger partial charge < -0.3 is 21.1 Å². The van der Waals surface area contributed by atoms with Crippen molar-refractivity contribution in [3.05, 3.63) is 96.3 Å². The summed E-state index contributed by atoms with van der Waals surface area (Å²) in [5.41, 5.74) is 9.73. The molecule has 5 rings (SSSR count). The van der Waals surface area contributed by atoms with E-state index >= 15 is 0 Å². The van der Waals surface area contributed by atoms with E-state index in [4.69, 9.17) is 10.5 Å². The predicted molar refractivity (Wildman–Crippen MR) is 157 cm³/mol. The fraction of sp³-hybridized carbons (Fsp3) is 0.103. The van der Waals surface area contributed by atoms with E-state index in [0.29, 0.717) is 22.3 Å². The van der Waals surface area contributed by atoms with Crippen molar-refractivity contribution in [3.8, 4) is 16.9 Å². The molecule has 0 aliphatic rings. The van der Waals surface area contributed by atoms with Crippen molar-refractivity contribution in [1.82, 2.24) is 14.9 Å². The van der Waals surface area contributed by atoms with Gasteiger partial charge in [-0.1, -0.05) is 36.4 Å². The van der Waals surface area contributed by atoms with Gasteiger partial charge in [-0.25, -0.2) is 22.3 Å². The van der Waals surface area contributed by atoms with Gasteiger partial charge in [0.1, 0.15) is 23.7 Å². The number of nitrogens with two attached hydrogens (primary N) is 1. The van der Waals surface area contributed by atoms with Crippen LogP contribution in [0.25, 0.3) is 22.0 Å². The lowest BCUT2D eigenvalue weighted by atomic mass is 10.0. The average Bonchev–Trinajstić information content (AvgIpc) is 3.36. The topological polar surface area (TPSA) is 151 Å². The van der Waals surface area contributed by atoms with Gasteiger partial charge in [-0.15, -0.1) is 0 Å². The number of hydrogen-bond acceptors (Lipinski definition) is 6. The van der Waals surface area contributed by atoms with Crippen LogP contribution in [0.5, 0.6) is 5.75 Å². The Morgan fingerprint density at radius 3 is 2.51 bits per heavy atom. The van der Waals surface area contributed by atoms with Crippen molar-refractivity contribution in [2.75, 3.05) is 29.5 Å². The molecular weight excluding hydrogens is 547 g/mol. The minimum atomic E-state index is -3.64. The third-order valence-corrected chi connectivity index (χ3v) is 7.72. The molecule has 0 fully saturated rings. The first kappa shape index (κ1) is 27.6. The van der Waals surface area contributed by atoms with Crippen molar-refractivity contribution in [2.45, 2.75) is 11.8 Å². The van der Waals surface area contributed by atoms with Crippen LogP contribution in [0.4, 0.5) is 26.4 Å². The third kappa shape index (κ3) is 6.29. The minimum Gasteiger partial charge on any atom is -0.490 e. The average molecular weight is 575 g/mol. The summed E-state index contributed by atoms with van der Waals surface area (Å²) >= 11 is 0. The number of ether oxygens (including phenoxy) is 1. The molecule has 5 aromatic rings. The molecular formula is C29H27FN6O4S. The Morgan fingerprint density at radius 2 is 1.76 bits per heavy atom. The number of aryl methyl sites for hydroxylation is 1. The number of aromatic nitrogens is 2. The molecule has 1 heterocycles. The molecule has 0 atom stereocenters. The number of fused-ring (bicyclic) bond motifs is 1. The van der Waals surface area contributed by atoms with Crippen molar-refractivity contribution in [2.24, 2.45) is 0 Å². The second kappa shape index (κ2) is 11.7. The van der Waals surface area contributed by atoms with Crippen LogP contribution >= 0.6 is 0 Å². The lowest BCUT2D eigenvalue weighted by Gasteiger charge is -2.12. The molecule has 0 aliphatic carbocycles. The largest absolute Gasteiger partial charge is 0.490 e. The van der Waals surface area contributed by atoms with E-state index in [1.165, 1.54) is 18.2 Å². The van der Waals surface area contributed by atoms with E-state index < -0.39 is 21.9 Å². The first-order valence-electron chi connectivity index (χ1n) is 12.6. The molecule has 0 saturated heterocycles. The Morgan fingerprint density at radius 1 is 1.00 bits per heavy atom. The molecule has 0 saturated carbocycles. The van der Waals surface area contributed by atoms with Gasteiger partial charge in [0.05, 0.1) is 16.0 Å². The Bertz CT molecular complexity index is 1810. The number of hydrogen-bond donors (Lipinski definition) is 5. The van der Waals surface area contributed by atoms with Crippen molar-refractivity contribution < 1.29 is 22.3 Å². The Hall–Kier alpha value is -4.94. The number of sulfonamides is 1. The highest BCUT2D eigenvalue weighted by Gasteiger charge is 2.16. The second-order valence-electron chi connectivity index (χ2n) is 9.17. The highest BCUT2D eigenvalue weighted by molar-refractivity contribution is 7.89. The number of aromatic amines is 1. The molecule has 0 bridgehead atoms. The highest BCUT2D eigenvalue weighted by Crippen LogP contribution is 2.36.